The first-order valence-corrected chi connectivity index (χ1v) is 11.2. The van der Waals surface area contributed by atoms with E-state index in [2.05, 4.69) is 15.9 Å². The summed E-state index contributed by atoms with van der Waals surface area (Å²) >= 11 is 3.47. The first-order chi connectivity index (χ1) is 15.4. The largest absolute Gasteiger partial charge is 0.507 e. The minimum absolute atomic E-state index is 0.0784. The van der Waals surface area contributed by atoms with Gasteiger partial charge in [0.15, 0.2) is 11.5 Å². The predicted octanol–water partition coefficient (Wildman–Crippen LogP) is 3.59. The van der Waals surface area contributed by atoms with Crippen LogP contribution in [0.2, 0.25) is 0 Å². The van der Waals surface area contributed by atoms with Crippen LogP contribution < -0.4 is 9.47 Å². The number of amides is 1. The summed E-state index contributed by atoms with van der Waals surface area (Å²) in [5, 5.41) is 11.2. The second-order valence-corrected chi connectivity index (χ2v) is 8.98. The number of aliphatic hydroxyl groups is 1. The second-order valence-electron chi connectivity index (χ2n) is 8.06. The van der Waals surface area contributed by atoms with Crippen molar-refractivity contribution in [2.45, 2.75) is 12.5 Å². The Hall–Kier alpha value is -2.84. The van der Waals surface area contributed by atoms with E-state index in [-0.39, 0.29) is 11.3 Å². The average Bonchev–Trinajstić information content (AvgIpc) is 3.03. The van der Waals surface area contributed by atoms with Crippen LogP contribution >= 0.6 is 15.9 Å². The Balaban J connectivity index is 1.79. The van der Waals surface area contributed by atoms with E-state index >= 15 is 0 Å². The molecule has 0 aliphatic carbocycles. The monoisotopic (exact) mass is 500 g/mol. The molecule has 2 aliphatic rings. The summed E-state index contributed by atoms with van der Waals surface area (Å²) in [4.78, 5) is 29.7. The average molecular weight is 501 g/mol. The number of benzene rings is 2. The second kappa shape index (κ2) is 9.34. The topological polar surface area (TPSA) is 79.3 Å². The number of hydrogen-bond donors (Lipinski definition) is 1. The number of fused-ring (bicyclic) bond motifs is 1. The molecule has 4 rings (SSSR count). The highest BCUT2D eigenvalue weighted by molar-refractivity contribution is 9.10. The number of hydrogen-bond acceptors (Lipinski definition) is 6. The van der Waals surface area contributed by atoms with Crippen molar-refractivity contribution < 1.29 is 24.2 Å². The lowest BCUT2D eigenvalue weighted by Crippen LogP contribution is -2.32. The fourth-order valence-electron chi connectivity index (χ4n) is 4.04. The maximum absolute atomic E-state index is 13.1. The molecule has 7 nitrogen and oxygen atoms in total. The predicted molar refractivity (Wildman–Crippen MR) is 124 cm³/mol. The van der Waals surface area contributed by atoms with Gasteiger partial charge in [0.25, 0.3) is 11.7 Å². The van der Waals surface area contributed by atoms with Gasteiger partial charge in [-0.25, -0.2) is 0 Å². The third-order valence-corrected chi connectivity index (χ3v) is 6.02. The van der Waals surface area contributed by atoms with E-state index in [0.29, 0.717) is 43.2 Å². The molecule has 32 heavy (non-hydrogen) atoms. The van der Waals surface area contributed by atoms with Crippen LogP contribution in [-0.4, -0.2) is 67.0 Å². The summed E-state index contributed by atoms with van der Waals surface area (Å²) in [6, 6.07) is 11.8. The number of nitrogens with zero attached hydrogens (tertiary/aromatic N) is 2. The van der Waals surface area contributed by atoms with Gasteiger partial charge in [-0.15, -0.1) is 0 Å². The van der Waals surface area contributed by atoms with Gasteiger partial charge >= 0.3 is 0 Å². The molecule has 1 saturated heterocycles. The maximum Gasteiger partial charge on any atom is 0.295 e. The zero-order chi connectivity index (χ0) is 22.8. The summed E-state index contributed by atoms with van der Waals surface area (Å²) in [6.45, 7) is 2.04. The number of ketones is 1. The van der Waals surface area contributed by atoms with Crippen molar-refractivity contribution in [1.29, 1.82) is 0 Å². The molecule has 2 heterocycles. The fraction of sp³-hybridized carbons (Fsp3) is 0.333. The number of likely N-dealkylation sites (tertiary alicyclic amines) is 1. The summed E-state index contributed by atoms with van der Waals surface area (Å²) in [5.41, 5.74) is 1.23. The Morgan fingerprint density at radius 3 is 2.59 bits per heavy atom. The van der Waals surface area contributed by atoms with Crippen molar-refractivity contribution in [3.8, 4) is 11.5 Å². The Morgan fingerprint density at radius 2 is 1.88 bits per heavy atom. The smallest absolute Gasteiger partial charge is 0.295 e. The first-order valence-electron chi connectivity index (χ1n) is 10.5. The third-order valence-electron chi connectivity index (χ3n) is 5.52. The van der Waals surface area contributed by atoms with E-state index in [4.69, 9.17) is 9.47 Å². The Labute approximate surface area is 195 Å². The van der Waals surface area contributed by atoms with Crippen LogP contribution in [0.3, 0.4) is 0 Å². The number of aliphatic hydroxyl groups excluding tert-OH is 1. The molecule has 1 atom stereocenters. The van der Waals surface area contributed by atoms with Gasteiger partial charge < -0.3 is 24.4 Å². The van der Waals surface area contributed by atoms with Gasteiger partial charge in [-0.2, -0.15) is 0 Å². The van der Waals surface area contributed by atoms with Crippen LogP contribution in [0, 0.1) is 0 Å². The van der Waals surface area contributed by atoms with Gasteiger partial charge in [-0.05, 0) is 63.0 Å². The van der Waals surface area contributed by atoms with E-state index in [1.165, 1.54) is 0 Å². The molecule has 0 unspecified atom stereocenters. The van der Waals surface area contributed by atoms with Crippen molar-refractivity contribution in [2.24, 2.45) is 0 Å². The SMILES string of the molecule is CN(C)CCCN1C(=O)C(=O)/C(=C(/O)c2ccc3c(c2)OCCO3)[C@H]1c1cccc(Br)c1. The van der Waals surface area contributed by atoms with Crippen molar-refractivity contribution in [3.05, 3.63) is 63.6 Å². The fourth-order valence-corrected chi connectivity index (χ4v) is 4.45. The van der Waals surface area contributed by atoms with Crippen LogP contribution in [0.4, 0.5) is 0 Å². The minimum atomic E-state index is -0.688. The lowest BCUT2D eigenvalue weighted by Gasteiger charge is -2.26. The molecule has 0 spiro atoms. The quantitative estimate of drug-likeness (QED) is 0.370. The minimum Gasteiger partial charge on any atom is -0.507 e. The van der Waals surface area contributed by atoms with Gasteiger partial charge in [0.1, 0.15) is 19.0 Å². The Bertz CT molecular complexity index is 1080. The molecule has 0 saturated carbocycles. The van der Waals surface area contributed by atoms with Crippen LogP contribution in [0.1, 0.15) is 23.6 Å². The van der Waals surface area contributed by atoms with Crippen LogP contribution in [0.5, 0.6) is 11.5 Å². The molecule has 1 N–H and O–H groups in total. The van der Waals surface area contributed by atoms with E-state index in [9.17, 15) is 14.7 Å². The molecule has 0 bridgehead atoms. The third kappa shape index (κ3) is 4.38. The van der Waals surface area contributed by atoms with Gasteiger partial charge in [0.05, 0.1) is 11.6 Å². The Kier molecular flexibility index (Phi) is 6.53. The van der Waals surface area contributed by atoms with Crippen molar-refractivity contribution in [2.75, 3.05) is 40.4 Å². The summed E-state index contributed by atoms with van der Waals surface area (Å²) in [5.74, 6) is -0.430. The highest BCUT2D eigenvalue weighted by Crippen LogP contribution is 2.41. The number of carbonyl (C=O) groups excluding carboxylic acids is 2. The van der Waals surface area contributed by atoms with Crippen LogP contribution in [-0.2, 0) is 9.59 Å². The van der Waals surface area contributed by atoms with E-state index in [1.807, 2.05) is 43.3 Å². The normalized spacial score (nSPS) is 19.6. The zero-order valence-corrected chi connectivity index (χ0v) is 19.6. The Morgan fingerprint density at radius 1 is 1.12 bits per heavy atom. The molecule has 0 radical (unpaired) electrons. The number of carbonyl (C=O) groups is 2. The first kappa shape index (κ1) is 22.4. The van der Waals surface area contributed by atoms with E-state index in [0.717, 1.165) is 16.6 Å². The summed E-state index contributed by atoms with van der Waals surface area (Å²) in [7, 11) is 3.92. The molecule has 2 aliphatic heterocycles. The lowest BCUT2D eigenvalue weighted by molar-refractivity contribution is -0.139. The van der Waals surface area contributed by atoms with E-state index < -0.39 is 17.7 Å². The van der Waals surface area contributed by atoms with Gasteiger partial charge in [0, 0.05) is 16.6 Å². The molecule has 2 aromatic rings. The van der Waals surface area contributed by atoms with Crippen LogP contribution in [0.15, 0.2) is 52.5 Å². The summed E-state index contributed by atoms with van der Waals surface area (Å²) < 4.78 is 12.0. The molecule has 1 amide bonds. The van der Waals surface area contributed by atoms with Crippen molar-refractivity contribution in [1.82, 2.24) is 9.80 Å². The van der Waals surface area contributed by atoms with Crippen molar-refractivity contribution in [3.63, 3.8) is 0 Å². The highest BCUT2D eigenvalue weighted by atomic mass is 79.9. The highest BCUT2D eigenvalue weighted by Gasteiger charge is 2.45. The molecular formula is C24H25BrN2O5. The molecule has 2 aromatic carbocycles. The molecular weight excluding hydrogens is 476 g/mol. The standard InChI is InChI=1S/C24H25BrN2O5/c1-26(2)9-4-10-27-21(15-5-3-6-17(25)13-15)20(23(29)24(27)30)22(28)16-7-8-18-19(14-16)32-12-11-31-18/h3,5-8,13-14,21,28H,4,9-12H2,1-2H3/b22-20+/t21-/m1/s1. The van der Waals surface area contributed by atoms with E-state index in [1.54, 1.807) is 23.1 Å². The molecule has 168 valence electrons. The molecule has 0 aromatic heterocycles. The number of ether oxygens (including phenoxy) is 2. The van der Waals surface area contributed by atoms with Crippen LogP contribution in [0.25, 0.3) is 5.76 Å². The lowest BCUT2D eigenvalue weighted by atomic mass is 9.95. The zero-order valence-electron chi connectivity index (χ0n) is 18.0. The van der Waals surface area contributed by atoms with Gasteiger partial charge in [-0.1, -0.05) is 28.1 Å². The van der Waals surface area contributed by atoms with Gasteiger partial charge in [0.2, 0.25) is 0 Å². The number of Topliss-reactive ketones (excluding diaryl/α,β-unsaturated/α-hetero) is 1. The summed E-state index contributed by atoms with van der Waals surface area (Å²) in [6.07, 6.45) is 0.703. The van der Waals surface area contributed by atoms with Gasteiger partial charge in [-0.3, -0.25) is 9.59 Å². The molecule has 8 heteroatoms. The maximum atomic E-state index is 13.1. The van der Waals surface area contributed by atoms with Crippen molar-refractivity contribution >= 4 is 33.4 Å². The number of halogens is 1. The molecule has 1 fully saturated rings. The number of rotatable bonds is 6.